The average Bonchev–Trinajstić information content (AvgIpc) is 2.01. The highest BCUT2D eigenvalue weighted by atomic mass is 79.9. The number of benzene rings is 1. The minimum Gasteiger partial charge on any atom is -0.392 e. The van der Waals surface area contributed by atoms with E-state index in [-0.39, 0.29) is 6.10 Å². The molecular weight excluding hydrogens is 218 g/mol. The summed E-state index contributed by atoms with van der Waals surface area (Å²) in [5.41, 5.74) is 1.02. The van der Waals surface area contributed by atoms with Crippen molar-refractivity contribution in [2.45, 2.75) is 13.0 Å². The number of hydrogen-bond acceptors (Lipinski definition) is 2. The zero-order valence-corrected chi connectivity index (χ0v) is 8.51. The fraction of sp³-hybridized carbons (Fsp3) is 0.333. The first-order valence-corrected chi connectivity index (χ1v) is 4.65. The monoisotopic (exact) mass is 229 g/mol. The highest BCUT2D eigenvalue weighted by Crippen LogP contribution is 2.15. The van der Waals surface area contributed by atoms with Gasteiger partial charge >= 0.3 is 0 Å². The number of rotatable bonds is 3. The smallest absolute Gasteiger partial charge is 0.0684 e. The third-order valence-electron chi connectivity index (χ3n) is 1.43. The molecule has 0 saturated heterocycles. The molecule has 0 radical (unpaired) electrons. The van der Waals surface area contributed by atoms with Crippen molar-refractivity contribution in [2.75, 3.05) is 11.9 Å². The maximum Gasteiger partial charge on any atom is 0.0684 e. The van der Waals surface area contributed by atoms with Crippen LogP contribution in [0.15, 0.2) is 28.7 Å². The van der Waals surface area contributed by atoms with Gasteiger partial charge in [-0.15, -0.1) is 0 Å². The molecule has 2 N–H and O–H groups in total. The van der Waals surface area contributed by atoms with Crippen molar-refractivity contribution < 1.29 is 5.11 Å². The molecular formula is C9H12BrNO. The summed E-state index contributed by atoms with van der Waals surface area (Å²) in [4.78, 5) is 0. The summed E-state index contributed by atoms with van der Waals surface area (Å²) in [6, 6.07) is 7.86. The molecule has 0 fully saturated rings. The van der Waals surface area contributed by atoms with Gasteiger partial charge in [0.05, 0.1) is 6.10 Å². The normalized spacial score (nSPS) is 12.6. The van der Waals surface area contributed by atoms with Crippen LogP contribution in [0.5, 0.6) is 0 Å². The van der Waals surface area contributed by atoms with Crippen molar-refractivity contribution >= 4 is 21.6 Å². The third-order valence-corrected chi connectivity index (χ3v) is 1.92. The van der Waals surface area contributed by atoms with E-state index >= 15 is 0 Å². The molecule has 0 aliphatic heterocycles. The van der Waals surface area contributed by atoms with Gasteiger partial charge in [0, 0.05) is 16.7 Å². The van der Waals surface area contributed by atoms with Gasteiger partial charge in [-0.2, -0.15) is 0 Å². The summed E-state index contributed by atoms with van der Waals surface area (Å²) < 4.78 is 1.04. The van der Waals surface area contributed by atoms with Crippen molar-refractivity contribution in [1.82, 2.24) is 0 Å². The molecule has 0 bridgehead atoms. The predicted octanol–water partition coefficient (Wildman–Crippen LogP) is 2.24. The Hall–Kier alpha value is -0.540. The molecule has 3 heteroatoms. The maximum absolute atomic E-state index is 9.01. The largest absolute Gasteiger partial charge is 0.392 e. The first-order valence-electron chi connectivity index (χ1n) is 3.86. The lowest BCUT2D eigenvalue weighted by molar-refractivity contribution is 0.208. The number of aliphatic hydroxyl groups excluding tert-OH is 1. The van der Waals surface area contributed by atoms with Gasteiger partial charge in [0.2, 0.25) is 0 Å². The molecule has 0 spiro atoms. The number of halogens is 1. The van der Waals surface area contributed by atoms with Crippen molar-refractivity contribution in [3.63, 3.8) is 0 Å². The van der Waals surface area contributed by atoms with Gasteiger partial charge in [-0.25, -0.2) is 0 Å². The second-order valence-corrected chi connectivity index (χ2v) is 3.66. The molecule has 1 unspecified atom stereocenters. The molecule has 0 aliphatic carbocycles. The molecule has 0 aromatic heterocycles. The zero-order chi connectivity index (χ0) is 8.97. The lowest BCUT2D eigenvalue weighted by Gasteiger charge is -2.07. The van der Waals surface area contributed by atoms with E-state index in [2.05, 4.69) is 21.2 Å². The fourth-order valence-electron chi connectivity index (χ4n) is 0.864. The van der Waals surface area contributed by atoms with Gasteiger partial charge in [0.15, 0.2) is 0 Å². The summed E-state index contributed by atoms with van der Waals surface area (Å²) in [6.45, 7) is 2.33. The van der Waals surface area contributed by atoms with E-state index in [4.69, 9.17) is 5.11 Å². The van der Waals surface area contributed by atoms with Crippen LogP contribution in [-0.2, 0) is 0 Å². The minimum atomic E-state index is -0.316. The van der Waals surface area contributed by atoms with Gasteiger partial charge in [-0.3, -0.25) is 0 Å². The van der Waals surface area contributed by atoms with E-state index in [1.54, 1.807) is 6.92 Å². The molecule has 2 nitrogen and oxygen atoms in total. The Morgan fingerprint density at radius 2 is 2.33 bits per heavy atom. The molecule has 0 aliphatic rings. The summed E-state index contributed by atoms with van der Waals surface area (Å²) in [7, 11) is 0. The van der Waals surface area contributed by atoms with E-state index in [0.29, 0.717) is 6.54 Å². The van der Waals surface area contributed by atoms with Crippen LogP contribution in [0.2, 0.25) is 0 Å². The minimum absolute atomic E-state index is 0.316. The summed E-state index contributed by atoms with van der Waals surface area (Å²) in [5, 5.41) is 12.1. The van der Waals surface area contributed by atoms with Crippen molar-refractivity contribution in [1.29, 1.82) is 0 Å². The van der Waals surface area contributed by atoms with Gasteiger partial charge in [-0.1, -0.05) is 22.0 Å². The van der Waals surface area contributed by atoms with E-state index in [0.717, 1.165) is 10.2 Å². The number of nitrogens with one attached hydrogen (secondary N) is 1. The Bertz CT molecular complexity index is 250. The van der Waals surface area contributed by atoms with E-state index < -0.39 is 0 Å². The van der Waals surface area contributed by atoms with E-state index in [1.807, 2.05) is 24.3 Å². The molecule has 1 aromatic rings. The summed E-state index contributed by atoms with van der Waals surface area (Å²) >= 11 is 3.37. The van der Waals surface area contributed by atoms with Crippen LogP contribution in [0.25, 0.3) is 0 Å². The lowest BCUT2D eigenvalue weighted by Crippen LogP contribution is -2.15. The quantitative estimate of drug-likeness (QED) is 0.834. The van der Waals surface area contributed by atoms with E-state index in [9.17, 15) is 0 Å². The van der Waals surface area contributed by atoms with Crippen LogP contribution in [-0.4, -0.2) is 17.8 Å². The molecule has 1 atom stereocenters. The summed E-state index contributed by atoms with van der Waals surface area (Å²) in [6.07, 6.45) is -0.316. The first kappa shape index (κ1) is 9.55. The van der Waals surface area contributed by atoms with Gasteiger partial charge in [0.1, 0.15) is 0 Å². The van der Waals surface area contributed by atoms with Crippen LogP contribution < -0.4 is 5.32 Å². The van der Waals surface area contributed by atoms with Gasteiger partial charge < -0.3 is 10.4 Å². The first-order chi connectivity index (χ1) is 5.68. The third kappa shape index (κ3) is 3.24. The Balaban J connectivity index is 2.52. The predicted molar refractivity (Wildman–Crippen MR) is 54.3 cm³/mol. The number of anilines is 1. The molecule has 0 heterocycles. The van der Waals surface area contributed by atoms with Gasteiger partial charge in [0.25, 0.3) is 0 Å². The highest BCUT2D eigenvalue weighted by Gasteiger charge is 1.95. The van der Waals surface area contributed by atoms with Crippen molar-refractivity contribution in [3.8, 4) is 0 Å². The van der Waals surface area contributed by atoms with Crippen LogP contribution >= 0.6 is 15.9 Å². The highest BCUT2D eigenvalue weighted by molar-refractivity contribution is 9.10. The Morgan fingerprint density at radius 3 is 2.92 bits per heavy atom. The molecule has 1 rings (SSSR count). The summed E-state index contributed by atoms with van der Waals surface area (Å²) in [5.74, 6) is 0. The fourth-order valence-corrected chi connectivity index (χ4v) is 1.26. The SMILES string of the molecule is CC(O)CNc1cccc(Br)c1. The second-order valence-electron chi connectivity index (χ2n) is 2.74. The van der Waals surface area contributed by atoms with Crippen molar-refractivity contribution in [2.24, 2.45) is 0 Å². The molecule has 0 amide bonds. The lowest BCUT2D eigenvalue weighted by atomic mass is 10.3. The molecule has 12 heavy (non-hydrogen) atoms. The molecule has 1 aromatic carbocycles. The van der Waals surface area contributed by atoms with Crippen LogP contribution in [0, 0.1) is 0 Å². The van der Waals surface area contributed by atoms with Gasteiger partial charge in [-0.05, 0) is 25.1 Å². The van der Waals surface area contributed by atoms with Crippen LogP contribution in [0.1, 0.15) is 6.92 Å². The average molecular weight is 230 g/mol. The number of hydrogen-bond donors (Lipinski definition) is 2. The number of aliphatic hydroxyl groups is 1. The second kappa shape index (κ2) is 4.48. The molecule has 0 saturated carbocycles. The van der Waals surface area contributed by atoms with Crippen LogP contribution in [0.3, 0.4) is 0 Å². The maximum atomic E-state index is 9.01. The van der Waals surface area contributed by atoms with Crippen molar-refractivity contribution in [3.05, 3.63) is 28.7 Å². The molecule has 66 valence electrons. The van der Waals surface area contributed by atoms with E-state index in [1.165, 1.54) is 0 Å². The Morgan fingerprint density at radius 1 is 1.58 bits per heavy atom. The standard InChI is InChI=1S/C9H12BrNO/c1-7(12)6-11-9-4-2-3-8(10)5-9/h2-5,7,11-12H,6H2,1H3. The topological polar surface area (TPSA) is 32.3 Å². The Kier molecular flexibility index (Phi) is 3.56. The Labute approximate surface area is 80.7 Å². The van der Waals surface area contributed by atoms with Crippen LogP contribution in [0.4, 0.5) is 5.69 Å². The zero-order valence-electron chi connectivity index (χ0n) is 6.92.